The lowest BCUT2D eigenvalue weighted by Crippen LogP contribution is -2.23. The summed E-state index contributed by atoms with van der Waals surface area (Å²) in [4.78, 5) is 0. The lowest BCUT2D eigenvalue weighted by Gasteiger charge is -2.07. The van der Waals surface area contributed by atoms with Crippen molar-refractivity contribution in [3.8, 4) is 0 Å². The second kappa shape index (κ2) is 3.97. The third-order valence-corrected chi connectivity index (χ3v) is 2.82. The van der Waals surface area contributed by atoms with Crippen LogP contribution >= 0.6 is 0 Å². The first-order chi connectivity index (χ1) is 6.38. The first-order valence-corrected chi connectivity index (χ1v) is 5.26. The average Bonchev–Trinajstić information content (AvgIpc) is 2.76. The molecule has 1 unspecified atom stereocenters. The van der Waals surface area contributed by atoms with Gasteiger partial charge in [0.25, 0.3) is 0 Å². The highest BCUT2D eigenvalue weighted by Crippen LogP contribution is 2.12. The second-order valence-electron chi connectivity index (χ2n) is 3.85. The summed E-state index contributed by atoms with van der Waals surface area (Å²) in [5.74, 6) is 0. The quantitative estimate of drug-likeness (QED) is 0.747. The molecule has 1 atom stereocenters. The summed E-state index contributed by atoms with van der Waals surface area (Å²) in [5, 5.41) is 3.52. The van der Waals surface area contributed by atoms with E-state index in [-0.39, 0.29) is 0 Å². The van der Waals surface area contributed by atoms with Crippen molar-refractivity contribution in [3.63, 3.8) is 0 Å². The van der Waals surface area contributed by atoms with E-state index in [9.17, 15) is 0 Å². The van der Waals surface area contributed by atoms with Gasteiger partial charge in [-0.2, -0.15) is 0 Å². The maximum absolute atomic E-state index is 3.52. The zero-order valence-corrected chi connectivity index (χ0v) is 8.29. The van der Waals surface area contributed by atoms with Gasteiger partial charge in [0.1, 0.15) is 0 Å². The fraction of sp³-hybridized carbons (Fsp3) is 0.636. The van der Waals surface area contributed by atoms with E-state index >= 15 is 0 Å². The Morgan fingerprint density at radius 3 is 3.15 bits per heavy atom. The molecular formula is C11H18N2. The Labute approximate surface area is 79.9 Å². The molecule has 0 saturated carbocycles. The molecule has 2 rings (SSSR count). The van der Waals surface area contributed by atoms with Crippen LogP contribution in [-0.4, -0.2) is 17.2 Å². The molecule has 13 heavy (non-hydrogen) atoms. The van der Waals surface area contributed by atoms with Crippen molar-refractivity contribution in [3.05, 3.63) is 24.0 Å². The summed E-state index contributed by atoms with van der Waals surface area (Å²) in [6.07, 6.45) is 8.33. The van der Waals surface area contributed by atoms with Crippen molar-refractivity contribution in [1.82, 2.24) is 9.88 Å². The standard InChI is InChI=1S/C11H18N2/c1-2-13-7-5-10(9-13)8-11-4-3-6-12-11/h5,7,9,11-12H,2-4,6,8H2,1H3. The van der Waals surface area contributed by atoms with Crippen molar-refractivity contribution in [2.75, 3.05) is 6.54 Å². The van der Waals surface area contributed by atoms with Gasteiger partial charge < -0.3 is 9.88 Å². The van der Waals surface area contributed by atoms with Crippen LogP contribution in [0.25, 0.3) is 0 Å². The summed E-state index contributed by atoms with van der Waals surface area (Å²) in [6.45, 7) is 4.47. The van der Waals surface area contributed by atoms with E-state index in [1.54, 1.807) is 0 Å². The fourth-order valence-electron chi connectivity index (χ4n) is 2.02. The third kappa shape index (κ3) is 2.13. The molecule has 0 bridgehead atoms. The maximum atomic E-state index is 3.52. The summed E-state index contributed by atoms with van der Waals surface area (Å²) >= 11 is 0. The molecule has 0 spiro atoms. The van der Waals surface area contributed by atoms with Gasteiger partial charge in [0.05, 0.1) is 0 Å². The van der Waals surface area contributed by atoms with E-state index in [0.29, 0.717) is 0 Å². The normalized spacial score (nSPS) is 22.4. The maximum Gasteiger partial charge on any atom is 0.0191 e. The summed E-state index contributed by atoms with van der Waals surface area (Å²) in [7, 11) is 0. The molecule has 72 valence electrons. The minimum absolute atomic E-state index is 0.729. The molecule has 2 heterocycles. The molecule has 1 N–H and O–H groups in total. The van der Waals surface area contributed by atoms with Crippen LogP contribution in [0.3, 0.4) is 0 Å². The van der Waals surface area contributed by atoms with E-state index in [1.165, 1.54) is 31.4 Å². The topological polar surface area (TPSA) is 17.0 Å². The van der Waals surface area contributed by atoms with Gasteiger partial charge in [-0.1, -0.05) is 0 Å². The van der Waals surface area contributed by atoms with Crippen LogP contribution in [0.1, 0.15) is 25.3 Å². The number of hydrogen-bond acceptors (Lipinski definition) is 1. The number of aromatic nitrogens is 1. The Hall–Kier alpha value is -0.760. The third-order valence-electron chi connectivity index (χ3n) is 2.82. The Kier molecular flexibility index (Phi) is 2.69. The molecule has 2 nitrogen and oxygen atoms in total. The molecule has 1 fully saturated rings. The largest absolute Gasteiger partial charge is 0.354 e. The number of aryl methyl sites for hydroxylation is 1. The highest BCUT2D eigenvalue weighted by atomic mass is 14.9. The summed E-state index contributed by atoms with van der Waals surface area (Å²) in [5.41, 5.74) is 1.47. The lowest BCUT2D eigenvalue weighted by atomic mass is 10.1. The number of nitrogens with one attached hydrogen (secondary N) is 1. The molecule has 0 amide bonds. The van der Waals surface area contributed by atoms with Gasteiger partial charge in [-0.05, 0) is 44.4 Å². The van der Waals surface area contributed by atoms with E-state index in [2.05, 4.69) is 35.3 Å². The number of rotatable bonds is 3. The predicted molar refractivity (Wildman–Crippen MR) is 54.8 cm³/mol. The first kappa shape index (κ1) is 8.82. The highest BCUT2D eigenvalue weighted by molar-refractivity contribution is 5.12. The minimum atomic E-state index is 0.729. The average molecular weight is 178 g/mol. The number of nitrogens with zero attached hydrogens (tertiary/aromatic N) is 1. The van der Waals surface area contributed by atoms with Gasteiger partial charge in [0.15, 0.2) is 0 Å². The van der Waals surface area contributed by atoms with E-state index in [0.717, 1.165) is 12.6 Å². The van der Waals surface area contributed by atoms with E-state index in [1.807, 2.05) is 0 Å². The minimum Gasteiger partial charge on any atom is -0.354 e. The molecule has 0 radical (unpaired) electrons. The lowest BCUT2D eigenvalue weighted by molar-refractivity contribution is 0.602. The molecule has 0 aromatic carbocycles. The molecule has 2 heteroatoms. The van der Waals surface area contributed by atoms with Crippen molar-refractivity contribution >= 4 is 0 Å². The molecule has 1 aromatic heterocycles. The van der Waals surface area contributed by atoms with Gasteiger partial charge in [-0.3, -0.25) is 0 Å². The number of hydrogen-bond donors (Lipinski definition) is 1. The molecule has 1 aromatic rings. The Balaban J connectivity index is 1.92. The van der Waals surface area contributed by atoms with Crippen molar-refractivity contribution in [2.24, 2.45) is 0 Å². The van der Waals surface area contributed by atoms with Gasteiger partial charge in [0.2, 0.25) is 0 Å². The smallest absolute Gasteiger partial charge is 0.0191 e. The van der Waals surface area contributed by atoms with Crippen molar-refractivity contribution in [1.29, 1.82) is 0 Å². The zero-order chi connectivity index (χ0) is 9.10. The van der Waals surface area contributed by atoms with Crippen LogP contribution in [0.15, 0.2) is 18.5 Å². The Bertz CT molecular complexity index is 259. The second-order valence-corrected chi connectivity index (χ2v) is 3.85. The van der Waals surface area contributed by atoms with Crippen LogP contribution in [-0.2, 0) is 13.0 Å². The molecule has 1 aliphatic rings. The van der Waals surface area contributed by atoms with Crippen LogP contribution in [0.5, 0.6) is 0 Å². The Morgan fingerprint density at radius 2 is 2.54 bits per heavy atom. The molecule has 0 aliphatic carbocycles. The van der Waals surface area contributed by atoms with Crippen LogP contribution < -0.4 is 5.32 Å². The molecule has 1 saturated heterocycles. The van der Waals surface area contributed by atoms with Crippen LogP contribution in [0.4, 0.5) is 0 Å². The zero-order valence-electron chi connectivity index (χ0n) is 8.29. The predicted octanol–water partition coefficient (Wildman–Crippen LogP) is 1.80. The van der Waals surface area contributed by atoms with Crippen molar-refractivity contribution < 1.29 is 0 Å². The van der Waals surface area contributed by atoms with Crippen molar-refractivity contribution in [2.45, 2.75) is 38.8 Å². The monoisotopic (exact) mass is 178 g/mol. The van der Waals surface area contributed by atoms with Gasteiger partial charge in [0, 0.05) is 25.0 Å². The molecule has 1 aliphatic heterocycles. The summed E-state index contributed by atoms with van der Waals surface area (Å²) < 4.78 is 2.24. The van der Waals surface area contributed by atoms with Gasteiger partial charge in [-0.15, -0.1) is 0 Å². The fourth-order valence-corrected chi connectivity index (χ4v) is 2.02. The van der Waals surface area contributed by atoms with E-state index in [4.69, 9.17) is 0 Å². The highest BCUT2D eigenvalue weighted by Gasteiger charge is 2.14. The first-order valence-electron chi connectivity index (χ1n) is 5.26. The van der Waals surface area contributed by atoms with E-state index < -0.39 is 0 Å². The van der Waals surface area contributed by atoms with Crippen LogP contribution in [0.2, 0.25) is 0 Å². The summed E-state index contributed by atoms with van der Waals surface area (Å²) in [6, 6.07) is 2.97. The van der Waals surface area contributed by atoms with Crippen LogP contribution in [0, 0.1) is 0 Å². The SMILES string of the molecule is CCn1ccc(CC2CCCN2)c1. The van der Waals surface area contributed by atoms with Gasteiger partial charge >= 0.3 is 0 Å². The molecular weight excluding hydrogens is 160 g/mol. The Morgan fingerprint density at radius 1 is 1.62 bits per heavy atom. The van der Waals surface area contributed by atoms with Gasteiger partial charge in [-0.25, -0.2) is 0 Å².